The Hall–Kier alpha value is -0.830. The van der Waals surface area contributed by atoms with Crippen molar-refractivity contribution in [3.63, 3.8) is 0 Å². The molecule has 3 atom stereocenters. The van der Waals surface area contributed by atoms with Crippen LogP contribution in [0.5, 0.6) is 0 Å². The van der Waals surface area contributed by atoms with E-state index in [0.29, 0.717) is 17.7 Å². The van der Waals surface area contributed by atoms with Gasteiger partial charge in [0.1, 0.15) is 5.60 Å². The second-order valence-corrected chi connectivity index (χ2v) is 6.99. The molecule has 1 heterocycles. The van der Waals surface area contributed by atoms with E-state index in [-0.39, 0.29) is 11.7 Å². The van der Waals surface area contributed by atoms with E-state index in [4.69, 9.17) is 0 Å². The molecule has 1 aliphatic rings. The van der Waals surface area contributed by atoms with Gasteiger partial charge in [0.25, 0.3) is 0 Å². The maximum Gasteiger partial charge on any atom is 0.209 e. The first-order valence-corrected chi connectivity index (χ1v) is 7.90. The fraction of sp³-hybridized carbons (Fsp3) is 0.824. The van der Waals surface area contributed by atoms with Crippen molar-refractivity contribution < 1.29 is 9.90 Å². The van der Waals surface area contributed by atoms with Crippen LogP contribution in [0.25, 0.3) is 0 Å². The Morgan fingerprint density at radius 1 is 1.40 bits per heavy atom. The summed E-state index contributed by atoms with van der Waals surface area (Å²) in [4.78, 5) is 14.7. The summed E-state index contributed by atoms with van der Waals surface area (Å²) in [6.45, 7) is 14.8. The van der Waals surface area contributed by atoms with Crippen LogP contribution >= 0.6 is 0 Å². The summed E-state index contributed by atoms with van der Waals surface area (Å²) in [7, 11) is 0. The lowest BCUT2D eigenvalue weighted by Gasteiger charge is -2.39. The van der Waals surface area contributed by atoms with Gasteiger partial charge in [-0.3, -0.25) is 4.79 Å². The third kappa shape index (κ3) is 3.85. The lowest BCUT2D eigenvalue weighted by atomic mass is 9.80. The van der Waals surface area contributed by atoms with Gasteiger partial charge in [0, 0.05) is 12.6 Å². The first-order valence-electron chi connectivity index (χ1n) is 7.90. The predicted molar refractivity (Wildman–Crippen MR) is 83.4 cm³/mol. The summed E-state index contributed by atoms with van der Waals surface area (Å²) in [6.07, 6.45) is 4.23. The minimum absolute atomic E-state index is 0.0631. The van der Waals surface area contributed by atoms with Gasteiger partial charge < -0.3 is 10.0 Å². The monoisotopic (exact) mass is 281 g/mol. The van der Waals surface area contributed by atoms with Crippen LogP contribution in [0.1, 0.15) is 60.3 Å². The molecule has 1 aliphatic heterocycles. The molecule has 3 heteroatoms. The van der Waals surface area contributed by atoms with Crippen molar-refractivity contribution in [2.24, 2.45) is 11.8 Å². The van der Waals surface area contributed by atoms with Gasteiger partial charge >= 0.3 is 0 Å². The lowest BCUT2D eigenvalue weighted by Crippen LogP contribution is -2.48. The van der Waals surface area contributed by atoms with Crippen molar-refractivity contribution in [3.8, 4) is 0 Å². The molecular formula is C17H31NO2. The SMILES string of the molecule is C=C(C(=O)C(C)(O)C(C)CC(C)C)N1CCCCC1C. The molecule has 1 saturated heterocycles. The summed E-state index contributed by atoms with van der Waals surface area (Å²) >= 11 is 0. The number of piperidine rings is 1. The van der Waals surface area contributed by atoms with Gasteiger partial charge in [0.15, 0.2) is 0 Å². The highest BCUT2D eigenvalue weighted by Gasteiger charge is 2.40. The van der Waals surface area contributed by atoms with Crippen molar-refractivity contribution in [1.82, 2.24) is 4.90 Å². The predicted octanol–water partition coefficient (Wildman–Crippen LogP) is 3.38. The summed E-state index contributed by atoms with van der Waals surface area (Å²) < 4.78 is 0. The second kappa shape index (κ2) is 6.75. The van der Waals surface area contributed by atoms with Crippen LogP contribution in [0, 0.1) is 11.8 Å². The van der Waals surface area contributed by atoms with Gasteiger partial charge in [-0.25, -0.2) is 0 Å². The Kier molecular flexibility index (Phi) is 5.81. The lowest BCUT2D eigenvalue weighted by molar-refractivity contribution is -0.139. The minimum Gasteiger partial charge on any atom is -0.382 e. The first-order chi connectivity index (χ1) is 9.17. The quantitative estimate of drug-likeness (QED) is 0.759. The average molecular weight is 281 g/mol. The molecule has 0 spiro atoms. The standard InChI is InChI=1S/C17H31NO2/c1-12(2)11-13(3)17(6,20)16(19)15(5)18-10-8-7-9-14(18)4/h12-14,20H,5,7-11H2,1-4,6H3. The number of carbonyl (C=O) groups is 1. The normalized spacial score (nSPS) is 24.4. The van der Waals surface area contributed by atoms with Gasteiger partial charge in [-0.1, -0.05) is 27.4 Å². The number of rotatable bonds is 6. The van der Waals surface area contributed by atoms with Gasteiger partial charge in [0.05, 0.1) is 5.70 Å². The number of Topliss-reactive ketones (excluding diaryl/α,β-unsaturated/α-hetero) is 1. The molecule has 0 radical (unpaired) electrons. The first kappa shape index (κ1) is 17.2. The Labute approximate surface area is 124 Å². The molecule has 0 bridgehead atoms. The average Bonchev–Trinajstić information content (AvgIpc) is 2.36. The van der Waals surface area contributed by atoms with Crippen LogP contribution < -0.4 is 0 Å². The molecule has 3 unspecified atom stereocenters. The highest BCUT2D eigenvalue weighted by Crippen LogP contribution is 2.30. The fourth-order valence-corrected chi connectivity index (χ4v) is 3.08. The molecule has 1 rings (SSSR count). The Morgan fingerprint density at radius 2 is 2.00 bits per heavy atom. The van der Waals surface area contributed by atoms with Crippen molar-refractivity contribution >= 4 is 5.78 Å². The summed E-state index contributed by atoms with van der Waals surface area (Å²) in [5.41, 5.74) is -0.837. The minimum atomic E-state index is -1.32. The number of nitrogens with zero attached hydrogens (tertiary/aromatic N) is 1. The molecular weight excluding hydrogens is 250 g/mol. The van der Waals surface area contributed by atoms with E-state index in [2.05, 4.69) is 32.3 Å². The Morgan fingerprint density at radius 3 is 2.50 bits per heavy atom. The third-order valence-corrected chi connectivity index (χ3v) is 4.66. The van der Waals surface area contributed by atoms with E-state index in [1.54, 1.807) is 6.92 Å². The van der Waals surface area contributed by atoms with E-state index >= 15 is 0 Å². The number of likely N-dealkylation sites (tertiary alicyclic amines) is 1. The number of aliphatic hydroxyl groups is 1. The zero-order valence-electron chi connectivity index (χ0n) is 13.8. The van der Waals surface area contributed by atoms with Crippen LogP contribution in [0.3, 0.4) is 0 Å². The van der Waals surface area contributed by atoms with Crippen LogP contribution in [-0.2, 0) is 4.79 Å². The van der Waals surface area contributed by atoms with Crippen molar-refractivity contribution in [2.45, 2.75) is 71.9 Å². The van der Waals surface area contributed by atoms with E-state index in [1.807, 2.05) is 6.92 Å². The maximum atomic E-state index is 12.6. The van der Waals surface area contributed by atoms with Crippen LogP contribution in [0.15, 0.2) is 12.3 Å². The maximum absolute atomic E-state index is 12.6. The molecule has 20 heavy (non-hydrogen) atoms. The Bertz CT molecular complexity index is 360. The van der Waals surface area contributed by atoms with E-state index in [1.165, 1.54) is 6.42 Å². The zero-order chi connectivity index (χ0) is 15.5. The fourth-order valence-electron chi connectivity index (χ4n) is 3.08. The third-order valence-electron chi connectivity index (χ3n) is 4.66. The van der Waals surface area contributed by atoms with Crippen LogP contribution in [-0.4, -0.2) is 34.0 Å². The highest BCUT2D eigenvalue weighted by atomic mass is 16.3. The van der Waals surface area contributed by atoms with Crippen molar-refractivity contribution in [3.05, 3.63) is 12.3 Å². The number of ketones is 1. The molecule has 0 aromatic heterocycles. The van der Waals surface area contributed by atoms with Gasteiger partial charge in [-0.15, -0.1) is 0 Å². The number of carbonyl (C=O) groups excluding carboxylic acids is 1. The largest absolute Gasteiger partial charge is 0.382 e. The van der Waals surface area contributed by atoms with Crippen LogP contribution in [0.4, 0.5) is 0 Å². The molecule has 0 aliphatic carbocycles. The van der Waals surface area contributed by atoms with Gasteiger partial charge in [-0.2, -0.15) is 0 Å². The highest BCUT2D eigenvalue weighted by molar-refractivity contribution is 6.00. The molecule has 0 aromatic rings. The van der Waals surface area contributed by atoms with E-state index < -0.39 is 5.60 Å². The van der Waals surface area contributed by atoms with Crippen molar-refractivity contribution in [1.29, 1.82) is 0 Å². The Balaban J connectivity index is 2.78. The van der Waals surface area contributed by atoms with Gasteiger partial charge in [0.2, 0.25) is 5.78 Å². The molecule has 0 saturated carbocycles. The summed E-state index contributed by atoms with van der Waals surface area (Å²) in [5.74, 6) is 0.192. The van der Waals surface area contributed by atoms with E-state index in [0.717, 1.165) is 25.8 Å². The van der Waals surface area contributed by atoms with Gasteiger partial charge in [-0.05, 0) is 51.4 Å². The molecule has 3 nitrogen and oxygen atoms in total. The topological polar surface area (TPSA) is 40.5 Å². The molecule has 0 amide bonds. The number of hydrogen-bond donors (Lipinski definition) is 1. The molecule has 1 fully saturated rings. The second-order valence-electron chi connectivity index (χ2n) is 6.99. The van der Waals surface area contributed by atoms with E-state index in [9.17, 15) is 9.90 Å². The molecule has 116 valence electrons. The smallest absolute Gasteiger partial charge is 0.209 e. The zero-order valence-corrected chi connectivity index (χ0v) is 13.8. The summed E-state index contributed by atoms with van der Waals surface area (Å²) in [6, 6.07) is 0.344. The summed E-state index contributed by atoms with van der Waals surface area (Å²) in [5, 5.41) is 10.7. The molecule has 0 aromatic carbocycles. The van der Waals surface area contributed by atoms with Crippen molar-refractivity contribution in [2.75, 3.05) is 6.54 Å². The number of hydrogen-bond acceptors (Lipinski definition) is 3. The van der Waals surface area contributed by atoms with Crippen LogP contribution in [0.2, 0.25) is 0 Å². The molecule has 1 N–H and O–H groups in total.